The molecule has 0 aliphatic carbocycles. The number of imidazole rings is 1. The average molecular weight is 323 g/mol. The van der Waals surface area contributed by atoms with Crippen molar-refractivity contribution in [1.82, 2.24) is 9.97 Å². The summed E-state index contributed by atoms with van der Waals surface area (Å²) in [6, 6.07) is 10.7. The van der Waals surface area contributed by atoms with E-state index in [0.717, 1.165) is 22.2 Å². The van der Waals surface area contributed by atoms with Crippen LogP contribution in [0.4, 0.5) is 5.69 Å². The van der Waals surface area contributed by atoms with Crippen molar-refractivity contribution in [2.45, 2.75) is 13.8 Å². The maximum atomic E-state index is 12.0. The molecule has 0 fully saturated rings. The van der Waals surface area contributed by atoms with Crippen LogP contribution >= 0.6 is 0 Å². The van der Waals surface area contributed by atoms with E-state index in [1.807, 2.05) is 32.0 Å². The van der Waals surface area contributed by atoms with E-state index in [4.69, 9.17) is 4.74 Å². The number of fused-ring (bicyclic) bond motifs is 1. The minimum atomic E-state index is -0.553. The SMILES string of the molecule is Cc1ccc(NC(=O)COC(=O)c2ccc3nc[nH]c3c2)c(C)c1. The molecule has 3 rings (SSSR count). The quantitative estimate of drug-likeness (QED) is 0.723. The first-order valence-corrected chi connectivity index (χ1v) is 7.50. The second-order valence-electron chi connectivity index (χ2n) is 5.58. The third-order valence-corrected chi connectivity index (χ3v) is 3.65. The first kappa shape index (κ1) is 15.7. The Kier molecular flexibility index (Phi) is 4.29. The highest BCUT2D eigenvalue weighted by Gasteiger charge is 2.12. The van der Waals surface area contributed by atoms with E-state index in [1.165, 1.54) is 0 Å². The van der Waals surface area contributed by atoms with Gasteiger partial charge in [-0.05, 0) is 43.7 Å². The second-order valence-corrected chi connectivity index (χ2v) is 5.58. The first-order chi connectivity index (χ1) is 11.5. The Balaban J connectivity index is 1.60. The molecule has 122 valence electrons. The minimum absolute atomic E-state index is 0.340. The van der Waals surface area contributed by atoms with Gasteiger partial charge in [-0.15, -0.1) is 0 Å². The lowest BCUT2D eigenvalue weighted by Crippen LogP contribution is -2.21. The first-order valence-electron chi connectivity index (χ1n) is 7.50. The van der Waals surface area contributed by atoms with Crippen LogP contribution in [0.25, 0.3) is 11.0 Å². The lowest BCUT2D eigenvalue weighted by atomic mass is 10.1. The molecular weight excluding hydrogens is 306 g/mol. The number of aromatic nitrogens is 2. The van der Waals surface area contributed by atoms with Crippen LogP contribution in [0.5, 0.6) is 0 Å². The van der Waals surface area contributed by atoms with Crippen molar-refractivity contribution in [3.05, 3.63) is 59.4 Å². The molecule has 1 aromatic heterocycles. The maximum Gasteiger partial charge on any atom is 0.338 e. The number of carbonyl (C=O) groups excluding carboxylic acids is 2. The molecule has 0 radical (unpaired) electrons. The summed E-state index contributed by atoms with van der Waals surface area (Å²) in [5, 5.41) is 2.74. The molecule has 6 nitrogen and oxygen atoms in total. The lowest BCUT2D eigenvalue weighted by molar-refractivity contribution is -0.119. The van der Waals surface area contributed by atoms with Crippen LogP contribution in [0.15, 0.2) is 42.7 Å². The molecule has 2 aromatic carbocycles. The Morgan fingerprint density at radius 2 is 2.00 bits per heavy atom. The van der Waals surface area contributed by atoms with Crippen molar-refractivity contribution in [1.29, 1.82) is 0 Å². The van der Waals surface area contributed by atoms with Crippen LogP contribution in [-0.2, 0) is 9.53 Å². The number of anilines is 1. The summed E-state index contributed by atoms with van der Waals surface area (Å²) >= 11 is 0. The number of hydrogen-bond donors (Lipinski definition) is 2. The summed E-state index contributed by atoms with van der Waals surface area (Å²) in [7, 11) is 0. The zero-order valence-corrected chi connectivity index (χ0v) is 13.4. The van der Waals surface area contributed by atoms with Crippen LogP contribution < -0.4 is 5.32 Å². The fourth-order valence-corrected chi connectivity index (χ4v) is 2.42. The van der Waals surface area contributed by atoms with Gasteiger partial charge in [0.25, 0.3) is 5.91 Å². The topological polar surface area (TPSA) is 84.1 Å². The number of rotatable bonds is 4. The number of esters is 1. The number of benzene rings is 2. The third-order valence-electron chi connectivity index (χ3n) is 3.65. The Labute approximate surface area is 138 Å². The molecule has 2 N–H and O–H groups in total. The monoisotopic (exact) mass is 323 g/mol. The van der Waals surface area contributed by atoms with Crippen LogP contribution in [-0.4, -0.2) is 28.5 Å². The van der Waals surface area contributed by atoms with Gasteiger partial charge in [0, 0.05) is 5.69 Å². The van der Waals surface area contributed by atoms with Crippen LogP contribution in [0.3, 0.4) is 0 Å². The van der Waals surface area contributed by atoms with E-state index in [0.29, 0.717) is 11.3 Å². The average Bonchev–Trinajstić information content (AvgIpc) is 3.03. The Morgan fingerprint density at radius 1 is 1.17 bits per heavy atom. The predicted octanol–water partition coefficient (Wildman–Crippen LogP) is 2.98. The second kappa shape index (κ2) is 6.54. The zero-order chi connectivity index (χ0) is 17.1. The molecule has 0 aliphatic rings. The summed E-state index contributed by atoms with van der Waals surface area (Å²) in [4.78, 5) is 31.0. The maximum absolute atomic E-state index is 12.0. The number of carbonyl (C=O) groups is 2. The fourth-order valence-electron chi connectivity index (χ4n) is 2.42. The van der Waals surface area contributed by atoms with Crippen LogP contribution in [0.2, 0.25) is 0 Å². The Hall–Kier alpha value is -3.15. The zero-order valence-electron chi connectivity index (χ0n) is 13.4. The van der Waals surface area contributed by atoms with E-state index in [1.54, 1.807) is 24.5 Å². The van der Waals surface area contributed by atoms with E-state index in [2.05, 4.69) is 15.3 Å². The molecule has 0 saturated heterocycles. The van der Waals surface area contributed by atoms with Crippen molar-refractivity contribution in [3.63, 3.8) is 0 Å². The number of H-pyrrole nitrogens is 1. The highest BCUT2D eigenvalue weighted by atomic mass is 16.5. The van der Waals surface area contributed by atoms with Crippen LogP contribution in [0, 0.1) is 13.8 Å². The van der Waals surface area contributed by atoms with Gasteiger partial charge in [-0.1, -0.05) is 17.7 Å². The van der Waals surface area contributed by atoms with Gasteiger partial charge in [-0.2, -0.15) is 0 Å². The van der Waals surface area contributed by atoms with Crippen LogP contribution in [0.1, 0.15) is 21.5 Å². The molecule has 0 unspecified atom stereocenters. The standard InChI is InChI=1S/C18H17N3O3/c1-11-3-5-14(12(2)7-11)21-17(22)9-24-18(23)13-4-6-15-16(8-13)20-10-19-15/h3-8,10H,9H2,1-2H3,(H,19,20)(H,21,22). The molecule has 0 saturated carbocycles. The fraction of sp³-hybridized carbons (Fsp3) is 0.167. The van der Waals surface area contributed by atoms with Gasteiger partial charge in [0.15, 0.2) is 6.61 Å². The molecule has 0 atom stereocenters. The van der Waals surface area contributed by atoms with Crippen molar-refractivity contribution in [2.75, 3.05) is 11.9 Å². The Bertz CT molecular complexity index is 915. The summed E-state index contributed by atoms with van der Waals surface area (Å²) in [6.45, 7) is 3.55. The van der Waals surface area contributed by atoms with Crippen molar-refractivity contribution >= 4 is 28.6 Å². The number of ether oxygens (including phenoxy) is 1. The van der Waals surface area contributed by atoms with Gasteiger partial charge >= 0.3 is 5.97 Å². The van der Waals surface area contributed by atoms with Crippen molar-refractivity contribution in [2.24, 2.45) is 0 Å². The normalized spacial score (nSPS) is 10.6. The summed E-state index contributed by atoms with van der Waals surface area (Å²) in [6.07, 6.45) is 1.55. The number of hydrogen-bond acceptors (Lipinski definition) is 4. The molecule has 1 heterocycles. The van der Waals surface area contributed by atoms with Gasteiger partial charge in [-0.25, -0.2) is 9.78 Å². The number of aryl methyl sites for hydroxylation is 2. The van der Waals surface area contributed by atoms with E-state index < -0.39 is 5.97 Å². The van der Waals surface area contributed by atoms with E-state index in [-0.39, 0.29) is 12.5 Å². The number of nitrogens with zero attached hydrogens (tertiary/aromatic N) is 1. The highest BCUT2D eigenvalue weighted by molar-refractivity contribution is 5.97. The molecule has 24 heavy (non-hydrogen) atoms. The largest absolute Gasteiger partial charge is 0.452 e. The Morgan fingerprint density at radius 3 is 2.79 bits per heavy atom. The molecule has 1 amide bonds. The molecule has 3 aromatic rings. The highest BCUT2D eigenvalue weighted by Crippen LogP contribution is 2.16. The van der Waals surface area contributed by atoms with Gasteiger partial charge in [0.1, 0.15) is 0 Å². The van der Waals surface area contributed by atoms with Gasteiger partial charge < -0.3 is 15.0 Å². The molecule has 0 bridgehead atoms. The van der Waals surface area contributed by atoms with Gasteiger partial charge in [-0.3, -0.25) is 4.79 Å². The summed E-state index contributed by atoms with van der Waals surface area (Å²) in [5.74, 6) is -0.930. The van der Waals surface area contributed by atoms with Crippen molar-refractivity contribution < 1.29 is 14.3 Å². The number of nitrogens with one attached hydrogen (secondary N) is 2. The third kappa shape index (κ3) is 3.43. The molecule has 0 spiro atoms. The summed E-state index contributed by atoms with van der Waals surface area (Å²) < 4.78 is 5.07. The van der Waals surface area contributed by atoms with E-state index >= 15 is 0 Å². The summed E-state index contributed by atoms with van der Waals surface area (Å²) in [5.41, 5.74) is 4.65. The predicted molar refractivity (Wildman–Crippen MR) is 90.9 cm³/mol. The van der Waals surface area contributed by atoms with Gasteiger partial charge in [0.2, 0.25) is 0 Å². The minimum Gasteiger partial charge on any atom is -0.452 e. The van der Waals surface area contributed by atoms with Gasteiger partial charge in [0.05, 0.1) is 22.9 Å². The molecule has 0 aliphatic heterocycles. The smallest absolute Gasteiger partial charge is 0.338 e. The number of aromatic amines is 1. The molecule has 6 heteroatoms. The number of amides is 1. The molecular formula is C18H17N3O3. The lowest BCUT2D eigenvalue weighted by Gasteiger charge is -2.09. The van der Waals surface area contributed by atoms with E-state index in [9.17, 15) is 9.59 Å². The van der Waals surface area contributed by atoms with Crippen molar-refractivity contribution in [3.8, 4) is 0 Å².